The molecule has 6 rings (SSSR count). The lowest BCUT2D eigenvalue weighted by molar-refractivity contribution is -0.0439. The van der Waals surface area contributed by atoms with Crippen molar-refractivity contribution in [2.45, 2.75) is 57.1 Å². The molecule has 0 spiro atoms. The third-order valence-electron chi connectivity index (χ3n) is 7.65. The largest absolute Gasteiger partial charge is 0.395 e. The van der Waals surface area contributed by atoms with Crippen LogP contribution in [0.5, 0.6) is 0 Å². The highest BCUT2D eigenvalue weighted by Crippen LogP contribution is 2.53. The summed E-state index contributed by atoms with van der Waals surface area (Å²) < 4.78 is 0. The van der Waals surface area contributed by atoms with Gasteiger partial charge in [0.1, 0.15) is 5.82 Å². The molecule has 1 amide bonds. The number of nitrogens with zero attached hydrogens (tertiary/aromatic N) is 2. The van der Waals surface area contributed by atoms with Gasteiger partial charge in [0, 0.05) is 35.6 Å². The van der Waals surface area contributed by atoms with Crippen LogP contribution < -0.4 is 16.0 Å². The van der Waals surface area contributed by atoms with E-state index >= 15 is 0 Å². The van der Waals surface area contributed by atoms with Gasteiger partial charge in [0.25, 0.3) is 5.91 Å². The lowest BCUT2D eigenvalue weighted by Gasteiger charge is -2.47. The summed E-state index contributed by atoms with van der Waals surface area (Å²) in [4.78, 5) is 21.2. The van der Waals surface area contributed by atoms with Crippen LogP contribution in [0, 0.1) is 24.7 Å². The van der Waals surface area contributed by atoms with Crippen LogP contribution in [-0.4, -0.2) is 50.9 Å². The fourth-order valence-corrected chi connectivity index (χ4v) is 6.22. The summed E-state index contributed by atoms with van der Waals surface area (Å²) in [6.45, 7) is 2.16. The van der Waals surface area contributed by atoms with E-state index in [1.54, 1.807) is 12.1 Å². The van der Waals surface area contributed by atoms with E-state index in [4.69, 9.17) is 10.1 Å². The zero-order valence-corrected chi connectivity index (χ0v) is 19.1. The lowest BCUT2D eigenvalue weighted by Crippen LogP contribution is -2.48. The van der Waals surface area contributed by atoms with Crippen molar-refractivity contribution >= 4 is 23.4 Å². The number of anilines is 3. The summed E-state index contributed by atoms with van der Waals surface area (Å²) in [6, 6.07) is 7.42. The van der Waals surface area contributed by atoms with Crippen LogP contribution in [0.15, 0.2) is 30.5 Å². The number of aliphatic hydroxyl groups excluding tert-OH is 1. The van der Waals surface area contributed by atoms with E-state index < -0.39 is 5.60 Å². The fraction of sp³-hybridized carbons (Fsp3) is 0.560. The molecule has 1 heterocycles. The zero-order chi connectivity index (χ0) is 23.0. The van der Waals surface area contributed by atoms with Crippen molar-refractivity contribution in [3.63, 3.8) is 0 Å². The molecule has 1 aromatic carbocycles. The van der Waals surface area contributed by atoms with Crippen LogP contribution in [0.2, 0.25) is 0 Å². The van der Waals surface area contributed by atoms with E-state index in [0.29, 0.717) is 35.3 Å². The van der Waals surface area contributed by atoms with Crippen LogP contribution >= 0.6 is 0 Å². The molecular formula is C25H33N5O3. The molecule has 5 N–H and O–H groups in total. The van der Waals surface area contributed by atoms with Crippen LogP contribution in [0.4, 0.5) is 17.5 Å². The molecular weight excluding hydrogens is 418 g/mol. The molecule has 4 saturated carbocycles. The number of fused-ring (bicyclic) bond motifs is 1. The standard InChI is InChI=1S/C25H33N5O3/c1-15-14-27-24(28-20-4-2-17(3-5-20)23(32)26-8-9-31)30-22(15)29-21-18-6-7-25(33)12-16(10-18)11-19(21)13-25/h2-5,14,16,18-19,21,31,33H,6-13H2,1H3,(H,26,32)(H2,27,28,29,30). The Hall–Kier alpha value is -2.71. The Bertz CT molecular complexity index is 1010. The molecule has 4 aliphatic rings. The molecule has 0 saturated heterocycles. The van der Waals surface area contributed by atoms with Crippen molar-refractivity contribution in [3.8, 4) is 0 Å². The van der Waals surface area contributed by atoms with Crippen LogP contribution in [0.1, 0.15) is 54.4 Å². The Morgan fingerprint density at radius 2 is 1.97 bits per heavy atom. The van der Waals surface area contributed by atoms with E-state index in [-0.39, 0.29) is 19.1 Å². The highest BCUT2D eigenvalue weighted by molar-refractivity contribution is 5.94. The first kappa shape index (κ1) is 22.1. The number of rotatable bonds is 7. The van der Waals surface area contributed by atoms with E-state index in [9.17, 15) is 9.90 Å². The molecule has 0 radical (unpaired) electrons. The summed E-state index contributed by atoms with van der Waals surface area (Å²) in [6.07, 6.45) is 8.10. The number of nitrogens with one attached hydrogen (secondary N) is 3. The van der Waals surface area contributed by atoms with Crippen molar-refractivity contribution in [2.24, 2.45) is 17.8 Å². The second-order valence-electron chi connectivity index (χ2n) is 10.1. The van der Waals surface area contributed by atoms with Gasteiger partial charge in [-0.25, -0.2) is 4.98 Å². The smallest absolute Gasteiger partial charge is 0.251 e. The van der Waals surface area contributed by atoms with Gasteiger partial charge in [0.15, 0.2) is 0 Å². The first-order valence-electron chi connectivity index (χ1n) is 12.0. The Kier molecular flexibility index (Phi) is 5.97. The molecule has 1 aromatic heterocycles. The average molecular weight is 452 g/mol. The van der Waals surface area contributed by atoms with Gasteiger partial charge in [-0.05, 0) is 87.5 Å². The Balaban J connectivity index is 1.28. The monoisotopic (exact) mass is 451 g/mol. The van der Waals surface area contributed by atoms with Crippen molar-refractivity contribution in [3.05, 3.63) is 41.6 Å². The normalized spacial score (nSPS) is 30.0. The fourth-order valence-electron chi connectivity index (χ4n) is 6.22. The number of carbonyl (C=O) groups excluding carboxylic acids is 1. The lowest BCUT2D eigenvalue weighted by atomic mass is 9.64. The molecule has 8 heteroatoms. The number of carbonyl (C=O) groups is 1. The van der Waals surface area contributed by atoms with E-state index in [0.717, 1.165) is 42.8 Å². The van der Waals surface area contributed by atoms with Crippen molar-refractivity contribution in [1.29, 1.82) is 0 Å². The highest BCUT2D eigenvalue weighted by Gasteiger charge is 2.51. The van der Waals surface area contributed by atoms with Gasteiger partial charge in [-0.2, -0.15) is 4.98 Å². The Morgan fingerprint density at radius 1 is 1.18 bits per heavy atom. The minimum Gasteiger partial charge on any atom is -0.395 e. The topological polar surface area (TPSA) is 119 Å². The van der Waals surface area contributed by atoms with Crippen LogP contribution in [0.3, 0.4) is 0 Å². The number of aromatic nitrogens is 2. The highest BCUT2D eigenvalue weighted by atomic mass is 16.3. The molecule has 0 aliphatic heterocycles. The third-order valence-corrected chi connectivity index (χ3v) is 7.65. The van der Waals surface area contributed by atoms with Gasteiger partial charge < -0.3 is 26.2 Å². The maximum absolute atomic E-state index is 12.0. The summed E-state index contributed by atoms with van der Waals surface area (Å²) in [7, 11) is 0. The van der Waals surface area contributed by atoms with E-state index in [1.807, 2.05) is 25.3 Å². The molecule has 33 heavy (non-hydrogen) atoms. The molecule has 8 nitrogen and oxygen atoms in total. The summed E-state index contributed by atoms with van der Waals surface area (Å²) in [5.74, 6) is 2.87. The molecule has 4 aliphatic carbocycles. The predicted octanol–water partition coefficient (Wildman–Crippen LogP) is 2.99. The molecule has 4 fully saturated rings. The van der Waals surface area contributed by atoms with Gasteiger partial charge in [-0.15, -0.1) is 0 Å². The minimum absolute atomic E-state index is 0.0870. The van der Waals surface area contributed by atoms with Gasteiger partial charge in [-0.1, -0.05) is 0 Å². The van der Waals surface area contributed by atoms with Gasteiger partial charge >= 0.3 is 0 Å². The van der Waals surface area contributed by atoms with Crippen molar-refractivity contribution in [1.82, 2.24) is 15.3 Å². The van der Waals surface area contributed by atoms with Crippen LogP contribution in [-0.2, 0) is 0 Å². The quantitative estimate of drug-likeness (QED) is 0.439. The minimum atomic E-state index is -0.465. The van der Waals surface area contributed by atoms with Crippen molar-refractivity contribution < 1.29 is 15.0 Å². The third kappa shape index (κ3) is 4.68. The SMILES string of the molecule is Cc1cnc(Nc2ccc(C(=O)NCCO)cc2)nc1NC1C2CCC3(O)CC(C2)CC1C3. The summed E-state index contributed by atoms with van der Waals surface area (Å²) in [5, 5.41) is 29.5. The molecule has 5 unspecified atom stereocenters. The molecule has 176 valence electrons. The maximum atomic E-state index is 12.0. The number of aliphatic hydroxyl groups is 2. The molecule has 5 atom stereocenters. The second-order valence-corrected chi connectivity index (χ2v) is 10.1. The van der Waals surface area contributed by atoms with Gasteiger partial charge in [0.2, 0.25) is 5.95 Å². The van der Waals surface area contributed by atoms with Crippen LogP contribution in [0.25, 0.3) is 0 Å². The first-order valence-corrected chi connectivity index (χ1v) is 12.0. The Labute approximate surface area is 194 Å². The first-order chi connectivity index (χ1) is 15.9. The molecule has 2 aromatic rings. The molecule has 4 bridgehead atoms. The van der Waals surface area contributed by atoms with Gasteiger partial charge in [-0.3, -0.25) is 4.79 Å². The number of aryl methyl sites for hydroxylation is 1. The summed E-state index contributed by atoms with van der Waals surface area (Å²) in [5.41, 5.74) is 1.86. The van der Waals surface area contributed by atoms with Crippen molar-refractivity contribution in [2.75, 3.05) is 23.8 Å². The number of hydrogen-bond donors (Lipinski definition) is 5. The average Bonchev–Trinajstić information content (AvgIpc) is 2.97. The number of amides is 1. The predicted molar refractivity (Wildman–Crippen MR) is 126 cm³/mol. The second kappa shape index (κ2) is 8.91. The number of benzene rings is 1. The number of hydrogen-bond acceptors (Lipinski definition) is 7. The maximum Gasteiger partial charge on any atom is 0.251 e. The van der Waals surface area contributed by atoms with E-state index in [1.165, 1.54) is 12.8 Å². The van der Waals surface area contributed by atoms with E-state index in [2.05, 4.69) is 20.9 Å². The Morgan fingerprint density at radius 3 is 2.76 bits per heavy atom. The zero-order valence-electron chi connectivity index (χ0n) is 19.1. The van der Waals surface area contributed by atoms with Gasteiger partial charge in [0.05, 0.1) is 12.2 Å². The summed E-state index contributed by atoms with van der Waals surface area (Å²) >= 11 is 0.